The molecule has 0 aromatic heterocycles. The molecule has 0 radical (unpaired) electrons. The summed E-state index contributed by atoms with van der Waals surface area (Å²) < 4.78 is 16.3. The van der Waals surface area contributed by atoms with Gasteiger partial charge in [-0.15, -0.1) is 0 Å². The maximum Gasteiger partial charge on any atom is 0.363 e. The Morgan fingerprint density at radius 3 is 2.62 bits per heavy atom. The molecule has 24 heavy (non-hydrogen) atoms. The molecular weight excluding hydrogens is 306 g/mol. The van der Waals surface area contributed by atoms with Crippen LogP contribution in [-0.2, 0) is 16.0 Å². The van der Waals surface area contributed by atoms with Crippen molar-refractivity contribution in [3.63, 3.8) is 0 Å². The molecule has 0 spiro atoms. The van der Waals surface area contributed by atoms with Gasteiger partial charge < -0.3 is 14.2 Å². The molecule has 0 amide bonds. The van der Waals surface area contributed by atoms with Gasteiger partial charge in [0.05, 0.1) is 0 Å². The maximum absolute atomic E-state index is 12.0. The summed E-state index contributed by atoms with van der Waals surface area (Å²) >= 11 is 0. The predicted molar refractivity (Wildman–Crippen MR) is 89.1 cm³/mol. The number of rotatable bonds is 3. The molecule has 5 heteroatoms. The molecule has 0 bridgehead atoms. The lowest BCUT2D eigenvalue weighted by Crippen LogP contribution is -2.15. The second-order valence-electron chi connectivity index (χ2n) is 5.49. The highest BCUT2D eigenvalue weighted by molar-refractivity contribution is 6.07. The molecule has 2 aliphatic rings. The van der Waals surface area contributed by atoms with E-state index in [-0.39, 0.29) is 5.70 Å². The van der Waals surface area contributed by atoms with Crippen LogP contribution in [0, 0.1) is 0 Å². The quantitative estimate of drug-likeness (QED) is 0.644. The van der Waals surface area contributed by atoms with Gasteiger partial charge in [-0.25, -0.2) is 9.79 Å². The third-order valence-corrected chi connectivity index (χ3v) is 3.73. The fraction of sp³-hybridized carbons (Fsp3) is 0.158. The van der Waals surface area contributed by atoms with E-state index in [0.717, 1.165) is 11.1 Å². The number of ether oxygens (including phenoxy) is 3. The van der Waals surface area contributed by atoms with E-state index >= 15 is 0 Å². The van der Waals surface area contributed by atoms with Crippen molar-refractivity contribution in [1.29, 1.82) is 0 Å². The Kier molecular flexibility index (Phi) is 3.75. The van der Waals surface area contributed by atoms with Crippen LogP contribution in [0.5, 0.6) is 11.5 Å². The number of benzene rings is 2. The highest BCUT2D eigenvalue weighted by Gasteiger charge is 2.23. The minimum absolute atomic E-state index is 0.289. The molecule has 2 aromatic carbocycles. The largest absolute Gasteiger partial charge is 0.486 e. The third-order valence-electron chi connectivity index (χ3n) is 3.73. The van der Waals surface area contributed by atoms with Gasteiger partial charge in [0.2, 0.25) is 5.90 Å². The molecule has 120 valence electrons. The molecule has 4 rings (SSSR count). The summed E-state index contributed by atoms with van der Waals surface area (Å²) in [6.45, 7) is 1.07. The molecule has 0 atom stereocenters. The van der Waals surface area contributed by atoms with E-state index < -0.39 is 5.97 Å². The Hall–Kier alpha value is -3.08. The minimum atomic E-state index is -0.434. The summed E-state index contributed by atoms with van der Waals surface area (Å²) in [4.78, 5) is 16.3. The number of esters is 1. The lowest BCUT2D eigenvalue weighted by atomic mass is 10.1. The Morgan fingerprint density at radius 2 is 1.79 bits per heavy atom. The molecule has 0 saturated heterocycles. The summed E-state index contributed by atoms with van der Waals surface area (Å²) in [6.07, 6.45) is 2.18. The zero-order chi connectivity index (χ0) is 16.4. The smallest absolute Gasteiger partial charge is 0.363 e. The number of hydrogen-bond donors (Lipinski definition) is 0. The first-order chi connectivity index (χ1) is 11.8. The van der Waals surface area contributed by atoms with Gasteiger partial charge in [0.25, 0.3) is 0 Å². The van der Waals surface area contributed by atoms with Crippen molar-refractivity contribution in [3.8, 4) is 11.5 Å². The van der Waals surface area contributed by atoms with Gasteiger partial charge in [0, 0.05) is 6.42 Å². The van der Waals surface area contributed by atoms with Crippen molar-refractivity contribution in [1.82, 2.24) is 0 Å². The van der Waals surface area contributed by atoms with Crippen LogP contribution in [0.1, 0.15) is 11.1 Å². The number of hydrogen-bond acceptors (Lipinski definition) is 5. The van der Waals surface area contributed by atoms with Crippen LogP contribution in [-0.4, -0.2) is 25.1 Å². The van der Waals surface area contributed by atoms with Crippen LogP contribution < -0.4 is 9.47 Å². The van der Waals surface area contributed by atoms with Crippen molar-refractivity contribution >= 4 is 17.9 Å². The summed E-state index contributed by atoms with van der Waals surface area (Å²) in [7, 11) is 0. The highest BCUT2D eigenvalue weighted by atomic mass is 16.6. The van der Waals surface area contributed by atoms with E-state index in [1.54, 1.807) is 6.08 Å². The fourth-order valence-electron chi connectivity index (χ4n) is 2.61. The first-order valence-electron chi connectivity index (χ1n) is 7.73. The Bertz CT molecular complexity index is 840. The van der Waals surface area contributed by atoms with Gasteiger partial charge in [-0.2, -0.15) is 0 Å². The summed E-state index contributed by atoms with van der Waals surface area (Å²) in [5.74, 6) is 1.37. The number of fused-ring (bicyclic) bond motifs is 1. The monoisotopic (exact) mass is 321 g/mol. The second-order valence-corrected chi connectivity index (χ2v) is 5.49. The Morgan fingerprint density at radius 1 is 1.00 bits per heavy atom. The van der Waals surface area contributed by atoms with Crippen LogP contribution in [0.2, 0.25) is 0 Å². The molecule has 0 saturated carbocycles. The summed E-state index contributed by atoms with van der Waals surface area (Å²) in [6, 6.07) is 15.3. The molecule has 2 aliphatic heterocycles. The average Bonchev–Trinajstić information content (AvgIpc) is 2.95. The number of aliphatic imine (C=N–C) groups is 1. The molecule has 2 heterocycles. The van der Waals surface area contributed by atoms with Gasteiger partial charge >= 0.3 is 5.97 Å². The molecule has 0 N–H and O–H groups in total. The van der Waals surface area contributed by atoms with Crippen LogP contribution in [0.4, 0.5) is 0 Å². The Labute approximate surface area is 139 Å². The maximum atomic E-state index is 12.0. The SMILES string of the molecule is O=C1OC(Cc2ccccc2)=N/C1=C/c1ccc2c(c1)OCCO2. The van der Waals surface area contributed by atoms with Gasteiger partial charge in [-0.1, -0.05) is 36.4 Å². The van der Waals surface area contributed by atoms with Crippen LogP contribution in [0.25, 0.3) is 6.08 Å². The van der Waals surface area contributed by atoms with E-state index in [2.05, 4.69) is 4.99 Å². The fourth-order valence-corrected chi connectivity index (χ4v) is 2.61. The average molecular weight is 321 g/mol. The van der Waals surface area contributed by atoms with E-state index in [1.165, 1.54) is 0 Å². The first kappa shape index (κ1) is 14.5. The lowest BCUT2D eigenvalue weighted by Gasteiger charge is -2.18. The van der Waals surface area contributed by atoms with Crippen LogP contribution >= 0.6 is 0 Å². The summed E-state index contributed by atoms with van der Waals surface area (Å²) in [5, 5.41) is 0. The van der Waals surface area contributed by atoms with Gasteiger partial charge in [0.15, 0.2) is 17.2 Å². The number of cyclic esters (lactones) is 1. The molecule has 0 unspecified atom stereocenters. The molecule has 0 fully saturated rings. The van der Waals surface area contributed by atoms with E-state index in [0.29, 0.717) is 37.0 Å². The van der Waals surface area contributed by atoms with Crippen molar-refractivity contribution in [3.05, 3.63) is 65.4 Å². The van der Waals surface area contributed by atoms with Crippen molar-refractivity contribution in [2.24, 2.45) is 4.99 Å². The number of nitrogens with zero attached hydrogens (tertiary/aromatic N) is 1. The number of carbonyl (C=O) groups is 1. The van der Waals surface area contributed by atoms with E-state index in [4.69, 9.17) is 14.2 Å². The molecule has 0 aliphatic carbocycles. The van der Waals surface area contributed by atoms with Crippen LogP contribution in [0.3, 0.4) is 0 Å². The van der Waals surface area contributed by atoms with Gasteiger partial charge in [-0.3, -0.25) is 0 Å². The predicted octanol–water partition coefficient (Wildman–Crippen LogP) is 3.00. The molecule has 5 nitrogen and oxygen atoms in total. The second kappa shape index (κ2) is 6.20. The molecular formula is C19H15NO4. The van der Waals surface area contributed by atoms with E-state index in [1.807, 2.05) is 48.5 Å². The van der Waals surface area contributed by atoms with Gasteiger partial charge in [-0.05, 0) is 29.3 Å². The normalized spacial score (nSPS) is 17.6. The zero-order valence-electron chi connectivity index (χ0n) is 12.9. The third kappa shape index (κ3) is 3.01. The summed E-state index contributed by atoms with van der Waals surface area (Å²) in [5.41, 5.74) is 2.15. The zero-order valence-corrected chi connectivity index (χ0v) is 12.9. The first-order valence-corrected chi connectivity index (χ1v) is 7.73. The standard InChI is InChI=1S/C19H15NO4/c21-19-15(20-18(24-19)12-13-4-2-1-3-5-13)10-14-6-7-16-17(11-14)23-9-8-22-16/h1-7,10-11H,8-9,12H2/b15-10+. The highest BCUT2D eigenvalue weighted by Crippen LogP contribution is 2.31. The lowest BCUT2D eigenvalue weighted by molar-refractivity contribution is -0.130. The number of carbonyl (C=O) groups excluding carboxylic acids is 1. The van der Waals surface area contributed by atoms with Crippen LogP contribution in [0.15, 0.2) is 59.2 Å². The Balaban J connectivity index is 1.57. The van der Waals surface area contributed by atoms with Crippen molar-refractivity contribution in [2.45, 2.75) is 6.42 Å². The molecule has 2 aromatic rings. The topological polar surface area (TPSA) is 57.1 Å². The minimum Gasteiger partial charge on any atom is -0.486 e. The van der Waals surface area contributed by atoms with E-state index in [9.17, 15) is 4.79 Å². The van der Waals surface area contributed by atoms with Gasteiger partial charge in [0.1, 0.15) is 13.2 Å². The van der Waals surface area contributed by atoms with Crippen molar-refractivity contribution < 1.29 is 19.0 Å². The van der Waals surface area contributed by atoms with Crippen molar-refractivity contribution in [2.75, 3.05) is 13.2 Å².